The first-order chi connectivity index (χ1) is 11.0. The van der Waals surface area contributed by atoms with Gasteiger partial charge in [-0.05, 0) is 18.6 Å². The highest BCUT2D eigenvalue weighted by Crippen LogP contribution is 2.31. The van der Waals surface area contributed by atoms with Gasteiger partial charge in [0.1, 0.15) is 0 Å². The quantitative estimate of drug-likeness (QED) is 0.910. The maximum absolute atomic E-state index is 12.5. The number of rotatable bonds is 3. The number of hydrogen-bond donors (Lipinski definition) is 1. The van der Waals surface area contributed by atoms with Crippen LogP contribution in [0.1, 0.15) is 34.1 Å². The first-order valence-corrected chi connectivity index (χ1v) is 7.44. The van der Waals surface area contributed by atoms with Crippen LogP contribution in [-0.2, 0) is 11.8 Å². The number of amides is 2. The third-order valence-electron chi connectivity index (χ3n) is 4.19. The fraction of sp³-hybridized carbons (Fsp3) is 0.375. The van der Waals surface area contributed by atoms with Gasteiger partial charge < -0.3 is 10.2 Å². The Bertz CT molecular complexity index is 740. The van der Waals surface area contributed by atoms with Gasteiger partial charge >= 0.3 is 0 Å². The summed E-state index contributed by atoms with van der Waals surface area (Å²) < 4.78 is 1.61. The predicted molar refractivity (Wildman–Crippen MR) is 83.6 cm³/mol. The molecule has 2 aromatic heterocycles. The van der Waals surface area contributed by atoms with Gasteiger partial charge in [0.25, 0.3) is 5.91 Å². The summed E-state index contributed by atoms with van der Waals surface area (Å²) in [6.45, 7) is 1.79. The average Bonchev–Trinajstić information content (AvgIpc) is 2.99. The number of nitrogens with zero attached hydrogens (tertiary/aromatic N) is 4. The summed E-state index contributed by atoms with van der Waals surface area (Å²) in [5, 5.41) is 7.16. The Kier molecular flexibility index (Phi) is 3.85. The van der Waals surface area contributed by atoms with E-state index in [4.69, 9.17) is 0 Å². The second kappa shape index (κ2) is 5.83. The molecule has 1 aliphatic heterocycles. The van der Waals surface area contributed by atoms with Crippen LogP contribution >= 0.6 is 0 Å². The van der Waals surface area contributed by atoms with Crippen molar-refractivity contribution in [1.82, 2.24) is 25.0 Å². The highest BCUT2D eigenvalue weighted by molar-refractivity contribution is 5.96. The van der Waals surface area contributed by atoms with Crippen molar-refractivity contribution in [1.29, 1.82) is 0 Å². The van der Waals surface area contributed by atoms with E-state index >= 15 is 0 Å². The highest BCUT2D eigenvalue weighted by atomic mass is 16.2. The fourth-order valence-corrected chi connectivity index (χ4v) is 3.07. The van der Waals surface area contributed by atoms with E-state index < -0.39 is 0 Å². The van der Waals surface area contributed by atoms with Crippen LogP contribution in [-0.4, -0.2) is 44.6 Å². The molecule has 2 amide bonds. The predicted octanol–water partition coefficient (Wildman–Crippen LogP) is 0.825. The summed E-state index contributed by atoms with van der Waals surface area (Å²) in [5.41, 5.74) is 2.11. The third kappa shape index (κ3) is 2.81. The zero-order chi connectivity index (χ0) is 16.6. The summed E-state index contributed by atoms with van der Waals surface area (Å²) in [4.78, 5) is 30.4. The molecule has 3 rings (SSSR count). The van der Waals surface area contributed by atoms with E-state index in [2.05, 4.69) is 15.4 Å². The number of hydrogen-bond acceptors (Lipinski definition) is 4. The number of carbonyl (C=O) groups excluding carboxylic acids is 2. The number of aromatic nitrogens is 3. The fourth-order valence-electron chi connectivity index (χ4n) is 3.07. The van der Waals surface area contributed by atoms with Crippen LogP contribution in [0.25, 0.3) is 0 Å². The number of likely N-dealkylation sites (tertiary alicyclic amines) is 1. The number of carbonyl (C=O) groups is 2. The lowest BCUT2D eigenvalue weighted by atomic mass is 10.0. The molecule has 0 aliphatic carbocycles. The van der Waals surface area contributed by atoms with E-state index in [1.54, 1.807) is 49.2 Å². The minimum Gasteiger partial charge on any atom is -0.346 e. The monoisotopic (exact) mass is 313 g/mol. The van der Waals surface area contributed by atoms with E-state index in [9.17, 15) is 9.59 Å². The van der Waals surface area contributed by atoms with Crippen molar-refractivity contribution in [2.75, 3.05) is 7.05 Å². The summed E-state index contributed by atoms with van der Waals surface area (Å²) >= 11 is 0. The van der Waals surface area contributed by atoms with Gasteiger partial charge in [-0.15, -0.1) is 0 Å². The van der Waals surface area contributed by atoms with Gasteiger partial charge in [-0.1, -0.05) is 6.07 Å². The summed E-state index contributed by atoms with van der Waals surface area (Å²) in [6, 6.07) is 3.25. The summed E-state index contributed by atoms with van der Waals surface area (Å²) in [5.74, 6) is -0.204. The lowest BCUT2D eigenvalue weighted by Gasteiger charge is -2.25. The molecule has 120 valence electrons. The Labute approximate surface area is 134 Å². The Balaban J connectivity index is 1.84. The average molecular weight is 313 g/mol. The van der Waals surface area contributed by atoms with E-state index in [1.165, 1.54) is 0 Å². The van der Waals surface area contributed by atoms with Gasteiger partial charge in [-0.25, -0.2) is 0 Å². The molecule has 0 unspecified atom stereocenters. The van der Waals surface area contributed by atoms with Crippen LogP contribution in [0.5, 0.6) is 0 Å². The van der Waals surface area contributed by atoms with Gasteiger partial charge in [-0.3, -0.25) is 19.3 Å². The molecule has 1 fully saturated rings. The number of likely N-dealkylation sites (N-methyl/N-ethyl adjacent to an activating group) is 1. The van der Waals surface area contributed by atoms with Crippen molar-refractivity contribution in [3.63, 3.8) is 0 Å². The van der Waals surface area contributed by atoms with E-state index in [-0.39, 0.29) is 30.3 Å². The number of aryl methyl sites for hydroxylation is 2. The van der Waals surface area contributed by atoms with E-state index in [1.807, 2.05) is 12.1 Å². The molecule has 0 bridgehead atoms. The van der Waals surface area contributed by atoms with Crippen molar-refractivity contribution in [2.45, 2.75) is 25.4 Å². The lowest BCUT2D eigenvalue weighted by Crippen LogP contribution is -2.39. The number of nitrogens with one attached hydrogen (secondary N) is 1. The van der Waals surface area contributed by atoms with Crippen LogP contribution in [0.2, 0.25) is 0 Å². The molecule has 1 aliphatic rings. The van der Waals surface area contributed by atoms with Crippen LogP contribution < -0.4 is 5.32 Å². The molecule has 7 heteroatoms. The molecular weight excluding hydrogens is 294 g/mol. The van der Waals surface area contributed by atoms with Gasteiger partial charge in [0.05, 0.1) is 23.3 Å². The van der Waals surface area contributed by atoms with Crippen molar-refractivity contribution >= 4 is 11.8 Å². The zero-order valence-corrected chi connectivity index (χ0v) is 13.4. The van der Waals surface area contributed by atoms with Gasteiger partial charge in [0.15, 0.2) is 0 Å². The SMILES string of the molecule is Cc1nn(C)cc1C(=O)N[C@@H]1CC(=O)N(C)[C@H]1c1cccnc1. The molecule has 7 nitrogen and oxygen atoms in total. The van der Waals surface area contributed by atoms with Crippen molar-refractivity contribution < 1.29 is 9.59 Å². The molecule has 23 heavy (non-hydrogen) atoms. The second-order valence-corrected chi connectivity index (χ2v) is 5.82. The summed E-state index contributed by atoms with van der Waals surface area (Å²) in [6.07, 6.45) is 5.38. The van der Waals surface area contributed by atoms with Gasteiger partial charge in [-0.2, -0.15) is 5.10 Å². The largest absolute Gasteiger partial charge is 0.346 e. The zero-order valence-electron chi connectivity index (χ0n) is 13.4. The first kappa shape index (κ1) is 15.2. The van der Waals surface area contributed by atoms with Crippen LogP contribution in [0.4, 0.5) is 0 Å². The van der Waals surface area contributed by atoms with Gasteiger partial charge in [0, 0.05) is 39.1 Å². The molecule has 1 N–H and O–H groups in total. The first-order valence-electron chi connectivity index (χ1n) is 7.44. The maximum Gasteiger partial charge on any atom is 0.255 e. The smallest absolute Gasteiger partial charge is 0.255 e. The third-order valence-corrected chi connectivity index (χ3v) is 4.19. The molecule has 2 aromatic rings. The minimum atomic E-state index is -0.288. The molecule has 0 saturated carbocycles. The van der Waals surface area contributed by atoms with E-state index in [0.29, 0.717) is 11.3 Å². The molecule has 0 spiro atoms. The number of pyridine rings is 1. The van der Waals surface area contributed by atoms with Crippen molar-refractivity contribution in [3.8, 4) is 0 Å². The Morgan fingerprint density at radius 1 is 1.39 bits per heavy atom. The molecule has 0 radical (unpaired) electrons. The van der Waals surface area contributed by atoms with Crippen LogP contribution in [0.15, 0.2) is 30.7 Å². The Hall–Kier alpha value is -2.70. The molecule has 0 aromatic carbocycles. The van der Waals surface area contributed by atoms with Crippen molar-refractivity contribution in [2.24, 2.45) is 7.05 Å². The van der Waals surface area contributed by atoms with Crippen LogP contribution in [0.3, 0.4) is 0 Å². The summed E-state index contributed by atoms with van der Waals surface area (Å²) in [7, 11) is 3.52. The molecular formula is C16H19N5O2. The Morgan fingerprint density at radius 3 is 2.78 bits per heavy atom. The Morgan fingerprint density at radius 2 is 2.17 bits per heavy atom. The highest BCUT2D eigenvalue weighted by Gasteiger charge is 2.39. The topological polar surface area (TPSA) is 80.1 Å². The normalized spacial score (nSPS) is 20.8. The van der Waals surface area contributed by atoms with Gasteiger partial charge in [0.2, 0.25) is 5.91 Å². The second-order valence-electron chi connectivity index (χ2n) is 5.82. The van der Waals surface area contributed by atoms with E-state index in [0.717, 1.165) is 5.56 Å². The molecule has 2 atom stereocenters. The standard InChI is InChI=1S/C16H19N5O2/c1-10-12(9-20(2)19-10)16(23)18-13-7-14(22)21(3)15(13)11-5-4-6-17-8-11/h4-6,8-9,13,15H,7H2,1-3H3,(H,18,23)/t13-,15+/m1/s1. The molecule has 3 heterocycles. The lowest BCUT2D eigenvalue weighted by molar-refractivity contribution is -0.127. The minimum absolute atomic E-state index is 0.00654. The maximum atomic E-state index is 12.5. The van der Waals surface area contributed by atoms with Crippen molar-refractivity contribution in [3.05, 3.63) is 47.5 Å². The van der Waals surface area contributed by atoms with Crippen LogP contribution in [0, 0.1) is 6.92 Å². The molecule has 1 saturated heterocycles.